The summed E-state index contributed by atoms with van der Waals surface area (Å²) in [7, 11) is 0. The molecule has 0 bridgehead atoms. The normalized spacial score (nSPS) is 10.8. The summed E-state index contributed by atoms with van der Waals surface area (Å²) in [6.45, 7) is 0. The lowest BCUT2D eigenvalue weighted by Gasteiger charge is -2.03. The highest BCUT2D eigenvalue weighted by molar-refractivity contribution is 9.10. The zero-order valence-electron chi connectivity index (χ0n) is 6.77. The number of aromatic nitrogens is 1. The summed E-state index contributed by atoms with van der Waals surface area (Å²) in [5.41, 5.74) is 0.293. The molecule has 72 valence electrons. The Morgan fingerprint density at radius 2 is 1.93 bits per heavy atom. The minimum atomic E-state index is -0.373. The number of hydrogen-bond acceptors (Lipinski definition) is 1. The lowest BCUT2D eigenvalue weighted by atomic mass is 10.2. The lowest BCUT2D eigenvalue weighted by Crippen LogP contribution is -2.06. The van der Waals surface area contributed by atoms with Gasteiger partial charge in [0.2, 0.25) is 0 Å². The van der Waals surface area contributed by atoms with Crippen molar-refractivity contribution in [3.8, 4) is 0 Å². The topological polar surface area (TPSA) is 32.9 Å². The zero-order valence-corrected chi connectivity index (χ0v) is 9.87. The van der Waals surface area contributed by atoms with Crippen LogP contribution in [0.25, 0.3) is 10.9 Å². The molecule has 0 fully saturated rings. The Kier molecular flexibility index (Phi) is 2.56. The van der Waals surface area contributed by atoms with E-state index in [9.17, 15) is 4.79 Å². The van der Waals surface area contributed by atoms with Gasteiger partial charge in [-0.1, -0.05) is 45.2 Å². The van der Waals surface area contributed by atoms with Crippen LogP contribution in [0.5, 0.6) is 0 Å². The van der Waals surface area contributed by atoms with Crippen LogP contribution in [-0.2, 0) is 0 Å². The largest absolute Gasteiger partial charge is 0.321 e. The minimum Gasteiger partial charge on any atom is -0.321 e. The van der Waals surface area contributed by atoms with Gasteiger partial charge in [0.15, 0.2) is 0 Å². The van der Waals surface area contributed by atoms with Crippen LogP contribution in [0.3, 0.4) is 0 Å². The first-order valence-electron chi connectivity index (χ1n) is 3.77. The highest BCUT2D eigenvalue weighted by atomic mass is 79.9. The summed E-state index contributed by atoms with van der Waals surface area (Å²) in [5.74, 6) is 0. The third-order valence-electron chi connectivity index (χ3n) is 1.87. The standard InChI is InChI=1S/C9H4BrCl2NO/c10-4-2-1-3-5-6(4)7(11)8(12)9(14)13-5/h1-3H,(H,13,14). The molecule has 1 aromatic carbocycles. The molecular formula is C9H4BrCl2NO. The average Bonchev–Trinajstić information content (AvgIpc) is 2.14. The van der Waals surface area contributed by atoms with Gasteiger partial charge in [-0.3, -0.25) is 4.79 Å². The number of aromatic amines is 1. The molecule has 2 nitrogen and oxygen atoms in total. The van der Waals surface area contributed by atoms with Crippen molar-refractivity contribution in [1.82, 2.24) is 4.98 Å². The number of H-pyrrole nitrogens is 1. The van der Waals surface area contributed by atoms with Crippen LogP contribution in [0, 0.1) is 0 Å². The fourth-order valence-corrected chi connectivity index (χ4v) is 2.35. The molecule has 0 aliphatic rings. The van der Waals surface area contributed by atoms with E-state index in [0.29, 0.717) is 5.52 Å². The van der Waals surface area contributed by atoms with Crippen molar-refractivity contribution in [2.24, 2.45) is 0 Å². The second-order valence-electron chi connectivity index (χ2n) is 2.74. The molecule has 1 heterocycles. The Hall–Kier alpha value is -0.510. The van der Waals surface area contributed by atoms with Crippen LogP contribution in [0.15, 0.2) is 27.5 Å². The van der Waals surface area contributed by atoms with Gasteiger partial charge in [0.05, 0.1) is 10.5 Å². The van der Waals surface area contributed by atoms with Crippen LogP contribution >= 0.6 is 39.1 Å². The van der Waals surface area contributed by atoms with Gasteiger partial charge in [-0.2, -0.15) is 0 Å². The Balaban J connectivity index is 3.07. The molecule has 0 radical (unpaired) electrons. The highest BCUT2D eigenvalue weighted by Gasteiger charge is 2.10. The summed E-state index contributed by atoms with van der Waals surface area (Å²) in [6.07, 6.45) is 0. The number of fused-ring (bicyclic) bond motifs is 1. The van der Waals surface area contributed by atoms with Gasteiger partial charge < -0.3 is 4.98 Å². The number of pyridine rings is 1. The molecule has 0 aliphatic heterocycles. The number of rotatable bonds is 0. The van der Waals surface area contributed by atoms with Crippen LogP contribution < -0.4 is 5.56 Å². The van der Waals surface area contributed by atoms with Crippen molar-refractivity contribution in [1.29, 1.82) is 0 Å². The van der Waals surface area contributed by atoms with E-state index in [-0.39, 0.29) is 15.6 Å². The van der Waals surface area contributed by atoms with E-state index in [4.69, 9.17) is 23.2 Å². The summed E-state index contributed by atoms with van der Waals surface area (Å²) in [5, 5.41) is 1.02. The molecule has 1 N–H and O–H groups in total. The molecular weight excluding hydrogens is 289 g/mol. The monoisotopic (exact) mass is 291 g/mol. The molecule has 0 unspecified atom stereocenters. The Morgan fingerprint density at radius 1 is 1.21 bits per heavy atom. The molecule has 0 spiro atoms. The summed E-state index contributed by atoms with van der Waals surface area (Å²) in [6, 6.07) is 5.42. The molecule has 0 saturated carbocycles. The van der Waals surface area contributed by atoms with Gasteiger partial charge in [0, 0.05) is 9.86 Å². The quantitative estimate of drug-likeness (QED) is 0.791. The number of benzene rings is 1. The number of nitrogens with one attached hydrogen (secondary N) is 1. The Bertz CT molecular complexity index is 564. The van der Waals surface area contributed by atoms with Crippen molar-refractivity contribution in [2.45, 2.75) is 0 Å². The maximum atomic E-state index is 11.3. The van der Waals surface area contributed by atoms with Gasteiger partial charge in [0.1, 0.15) is 5.02 Å². The van der Waals surface area contributed by atoms with Crippen molar-refractivity contribution in [3.05, 3.63) is 43.1 Å². The summed E-state index contributed by atoms with van der Waals surface area (Å²) >= 11 is 15.0. The molecule has 14 heavy (non-hydrogen) atoms. The number of hydrogen-bond donors (Lipinski definition) is 1. The van der Waals surface area contributed by atoms with Gasteiger partial charge in [-0.05, 0) is 12.1 Å². The van der Waals surface area contributed by atoms with Crippen molar-refractivity contribution in [2.75, 3.05) is 0 Å². The maximum absolute atomic E-state index is 11.3. The Labute approximate surface area is 98.0 Å². The van der Waals surface area contributed by atoms with Crippen LogP contribution in [0.1, 0.15) is 0 Å². The van der Waals surface area contributed by atoms with Gasteiger partial charge in [0.25, 0.3) is 5.56 Å². The van der Waals surface area contributed by atoms with Gasteiger partial charge in [-0.15, -0.1) is 0 Å². The van der Waals surface area contributed by atoms with E-state index < -0.39 is 0 Å². The molecule has 0 aliphatic carbocycles. The van der Waals surface area contributed by atoms with E-state index >= 15 is 0 Å². The lowest BCUT2D eigenvalue weighted by molar-refractivity contribution is 1.30. The van der Waals surface area contributed by atoms with E-state index in [1.807, 2.05) is 12.1 Å². The van der Waals surface area contributed by atoms with Crippen LogP contribution in [0.4, 0.5) is 0 Å². The molecule has 0 amide bonds. The van der Waals surface area contributed by atoms with Crippen LogP contribution in [-0.4, -0.2) is 4.98 Å². The van der Waals surface area contributed by atoms with Crippen molar-refractivity contribution < 1.29 is 0 Å². The van der Waals surface area contributed by atoms with Crippen molar-refractivity contribution >= 4 is 50.0 Å². The van der Waals surface area contributed by atoms with E-state index in [1.165, 1.54) is 0 Å². The second kappa shape index (κ2) is 3.57. The molecule has 2 rings (SSSR count). The zero-order chi connectivity index (χ0) is 10.3. The fraction of sp³-hybridized carbons (Fsp3) is 0. The van der Waals surface area contributed by atoms with Crippen molar-refractivity contribution in [3.63, 3.8) is 0 Å². The second-order valence-corrected chi connectivity index (χ2v) is 4.35. The van der Waals surface area contributed by atoms with Gasteiger partial charge in [-0.25, -0.2) is 0 Å². The third-order valence-corrected chi connectivity index (χ3v) is 3.37. The minimum absolute atomic E-state index is 0.0195. The third kappa shape index (κ3) is 1.45. The fourth-order valence-electron chi connectivity index (χ4n) is 1.24. The SMILES string of the molecule is O=c1[nH]c2cccc(Br)c2c(Cl)c1Cl. The van der Waals surface area contributed by atoms with E-state index in [1.54, 1.807) is 6.07 Å². The maximum Gasteiger partial charge on any atom is 0.268 e. The number of halogens is 3. The molecule has 0 saturated heterocycles. The molecule has 0 atom stereocenters. The first-order chi connectivity index (χ1) is 6.61. The summed E-state index contributed by atoms with van der Waals surface area (Å²) in [4.78, 5) is 13.9. The predicted molar refractivity (Wildman–Crippen MR) is 62.3 cm³/mol. The predicted octanol–water partition coefficient (Wildman–Crippen LogP) is 3.60. The molecule has 2 aromatic rings. The van der Waals surface area contributed by atoms with Crippen LogP contribution in [0.2, 0.25) is 10.0 Å². The molecule has 1 aromatic heterocycles. The smallest absolute Gasteiger partial charge is 0.268 e. The average molecular weight is 293 g/mol. The first-order valence-corrected chi connectivity index (χ1v) is 5.31. The summed E-state index contributed by atoms with van der Waals surface area (Å²) < 4.78 is 0.804. The van der Waals surface area contributed by atoms with E-state index in [0.717, 1.165) is 9.86 Å². The van der Waals surface area contributed by atoms with E-state index in [2.05, 4.69) is 20.9 Å². The highest BCUT2D eigenvalue weighted by Crippen LogP contribution is 2.31. The Morgan fingerprint density at radius 3 is 2.64 bits per heavy atom. The van der Waals surface area contributed by atoms with Gasteiger partial charge >= 0.3 is 0 Å². The molecule has 5 heteroatoms. The first kappa shape index (κ1) is 10.0.